The zero-order chi connectivity index (χ0) is 12.9. The maximum atomic E-state index is 12.2. The minimum absolute atomic E-state index is 0.116. The average Bonchev–Trinajstić information content (AvgIpc) is 3.06. The van der Waals surface area contributed by atoms with E-state index in [1.807, 2.05) is 6.20 Å². The summed E-state index contributed by atoms with van der Waals surface area (Å²) in [5.41, 5.74) is 3.33. The Morgan fingerprint density at radius 1 is 1.28 bits per heavy atom. The molecular weight excluding hydrogens is 222 g/mol. The molecule has 1 aliphatic rings. The zero-order valence-corrected chi connectivity index (χ0v) is 11.2. The molecule has 1 aliphatic carbocycles. The van der Waals surface area contributed by atoms with E-state index in [0.717, 1.165) is 29.3 Å². The van der Waals surface area contributed by atoms with Gasteiger partial charge in [0.15, 0.2) is 5.78 Å². The molecule has 0 saturated heterocycles. The van der Waals surface area contributed by atoms with Crippen molar-refractivity contribution >= 4 is 16.7 Å². The Kier molecular flexibility index (Phi) is 2.37. The minimum Gasteiger partial charge on any atom is -0.360 e. The predicted octanol–water partition coefficient (Wildman–Crippen LogP) is 4.06. The van der Waals surface area contributed by atoms with E-state index in [1.54, 1.807) is 0 Å². The van der Waals surface area contributed by atoms with Crippen molar-refractivity contribution in [3.8, 4) is 0 Å². The molecule has 1 aromatic heterocycles. The van der Waals surface area contributed by atoms with Gasteiger partial charge in [-0.1, -0.05) is 26.8 Å². The summed E-state index contributed by atoms with van der Waals surface area (Å²) in [6, 6.07) is 6.39. The van der Waals surface area contributed by atoms with Crippen LogP contribution in [0.4, 0.5) is 0 Å². The van der Waals surface area contributed by atoms with Gasteiger partial charge in [0.05, 0.1) is 0 Å². The van der Waals surface area contributed by atoms with E-state index >= 15 is 0 Å². The molecule has 1 heterocycles. The van der Waals surface area contributed by atoms with Gasteiger partial charge in [-0.25, -0.2) is 0 Å². The van der Waals surface area contributed by atoms with Gasteiger partial charge in [-0.05, 0) is 36.0 Å². The maximum Gasteiger partial charge on any atom is 0.168 e. The number of ketones is 1. The fourth-order valence-corrected chi connectivity index (χ4v) is 2.36. The number of fused-ring (bicyclic) bond motifs is 1. The predicted molar refractivity (Wildman–Crippen MR) is 74.1 cm³/mol. The van der Waals surface area contributed by atoms with E-state index in [9.17, 15) is 4.79 Å². The van der Waals surface area contributed by atoms with Gasteiger partial charge in [0.25, 0.3) is 0 Å². The Balaban J connectivity index is 2.13. The smallest absolute Gasteiger partial charge is 0.168 e. The topological polar surface area (TPSA) is 32.9 Å². The van der Waals surface area contributed by atoms with Crippen molar-refractivity contribution in [3.05, 3.63) is 35.5 Å². The van der Waals surface area contributed by atoms with Gasteiger partial charge in [-0.2, -0.15) is 0 Å². The SMILES string of the molecule is CC(C)(C)c1ccc2[nH]cc(C(=O)C3CC3)c2c1. The molecule has 3 rings (SSSR count). The molecule has 1 saturated carbocycles. The van der Waals surface area contributed by atoms with Crippen LogP contribution in [0.3, 0.4) is 0 Å². The average molecular weight is 241 g/mol. The van der Waals surface area contributed by atoms with Crippen LogP contribution >= 0.6 is 0 Å². The lowest BCUT2D eigenvalue weighted by molar-refractivity contribution is 0.0969. The van der Waals surface area contributed by atoms with Crippen LogP contribution in [0.15, 0.2) is 24.4 Å². The fraction of sp³-hybridized carbons (Fsp3) is 0.438. The molecule has 1 fully saturated rings. The van der Waals surface area contributed by atoms with E-state index in [1.165, 1.54) is 5.56 Å². The van der Waals surface area contributed by atoms with Crippen molar-refractivity contribution in [2.45, 2.75) is 39.0 Å². The molecule has 18 heavy (non-hydrogen) atoms. The van der Waals surface area contributed by atoms with Gasteiger partial charge in [0.2, 0.25) is 0 Å². The molecule has 1 N–H and O–H groups in total. The maximum absolute atomic E-state index is 12.2. The molecule has 0 unspecified atom stereocenters. The third kappa shape index (κ3) is 1.86. The summed E-state index contributed by atoms with van der Waals surface area (Å²) in [6.07, 6.45) is 3.99. The van der Waals surface area contributed by atoms with Crippen molar-refractivity contribution in [2.24, 2.45) is 5.92 Å². The Bertz CT molecular complexity index is 612. The monoisotopic (exact) mass is 241 g/mol. The van der Waals surface area contributed by atoms with Crippen LogP contribution in [0.1, 0.15) is 49.5 Å². The highest BCUT2D eigenvalue weighted by Crippen LogP contribution is 2.35. The molecule has 2 heteroatoms. The van der Waals surface area contributed by atoms with E-state index < -0.39 is 0 Å². The molecular formula is C16H19NO. The largest absolute Gasteiger partial charge is 0.360 e. The van der Waals surface area contributed by atoms with Gasteiger partial charge < -0.3 is 4.98 Å². The number of benzene rings is 1. The van der Waals surface area contributed by atoms with Crippen molar-refractivity contribution in [1.82, 2.24) is 4.98 Å². The number of H-pyrrole nitrogens is 1. The van der Waals surface area contributed by atoms with Crippen molar-refractivity contribution in [2.75, 3.05) is 0 Å². The second kappa shape index (κ2) is 3.71. The van der Waals surface area contributed by atoms with E-state index in [4.69, 9.17) is 0 Å². The molecule has 1 aromatic carbocycles. The normalized spacial score (nSPS) is 16.2. The summed E-state index contributed by atoms with van der Waals surface area (Å²) in [7, 11) is 0. The minimum atomic E-state index is 0.116. The number of rotatable bonds is 2. The number of Topliss-reactive ketones (excluding diaryl/α,β-unsaturated/α-hetero) is 1. The third-order valence-corrected chi connectivity index (χ3v) is 3.76. The summed E-state index contributed by atoms with van der Waals surface area (Å²) >= 11 is 0. The van der Waals surface area contributed by atoms with Crippen LogP contribution in [-0.4, -0.2) is 10.8 Å². The van der Waals surface area contributed by atoms with Crippen molar-refractivity contribution in [3.63, 3.8) is 0 Å². The highest BCUT2D eigenvalue weighted by atomic mass is 16.1. The van der Waals surface area contributed by atoms with E-state index in [-0.39, 0.29) is 11.3 Å². The number of carbonyl (C=O) groups is 1. The summed E-state index contributed by atoms with van der Waals surface area (Å²) < 4.78 is 0. The van der Waals surface area contributed by atoms with Crippen LogP contribution in [-0.2, 0) is 5.41 Å². The Morgan fingerprint density at radius 3 is 2.61 bits per heavy atom. The molecule has 0 radical (unpaired) electrons. The molecule has 0 aliphatic heterocycles. The molecule has 0 atom stereocenters. The molecule has 0 spiro atoms. The molecule has 2 nitrogen and oxygen atoms in total. The molecule has 0 amide bonds. The highest BCUT2D eigenvalue weighted by Gasteiger charge is 2.31. The lowest BCUT2D eigenvalue weighted by Crippen LogP contribution is -2.10. The quantitative estimate of drug-likeness (QED) is 0.790. The third-order valence-electron chi connectivity index (χ3n) is 3.76. The number of aromatic nitrogens is 1. The summed E-state index contributed by atoms with van der Waals surface area (Å²) in [6.45, 7) is 6.59. The van der Waals surface area contributed by atoms with Crippen LogP contribution in [0, 0.1) is 5.92 Å². The standard InChI is InChI=1S/C16H19NO/c1-16(2,3)11-6-7-14-12(8-11)13(9-17-14)15(18)10-4-5-10/h6-10,17H,4-5H2,1-3H3. The summed E-state index contributed by atoms with van der Waals surface area (Å²) in [5, 5.41) is 1.08. The second-order valence-corrected chi connectivity index (χ2v) is 6.35. The van der Waals surface area contributed by atoms with Gasteiger partial charge in [0, 0.05) is 28.6 Å². The number of aromatic amines is 1. The van der Waals surface area contributed by atoms with Crippen LogP contribution in [0.5, 0.6) is 0 Å². The lowest BCUT2D eigenvalue weighted by Gasteiger charge is -2.19. The fourth-order valence-electron chi connectivity index (χ4n) is 2.36. The Hall–Kier alpha value is -1.57. The van der Waals surface area contributed by atoms with E-state index in [0.29, 0.717) is 5.78 Å². The van der Waals surface area contributed by atoms with Gasteiger partial charge in [0.1, 0.15) is 0 Å². The first-order valence-corrected chi connectivity index (χ1v) is 6.62. The molecule has 0 bridgehead atoms. The van der Waals surface area contributed by atoms with Crippen LogP contribution < -0.4 is 0 Å². The van der Waals surface area contributed by atoms with Crippen LogP contribution in [0.25, 0.3) is 10.9 Å². The van der Waals surface area contributed by atoms with Crippen LogP contribution in [0.2, 0.25) is 0 Å². The zero-order valence-electron chi connectivity index (χ0n) is 11.2. The highest BCUT2D eigenvalue weighted by molar-refractivity contribution is 6.09. The molecule has 94 valence electrons. The second-order valence-electron chi connectivity index (χ2n) is 6.35. The van der Waals surface area contributed by atoms with Gasteiger partial charge in [-0.15, -0.1) is 0 Å². The first-order valence-electron chi connectivity index (χ1n) is 6.62. The number of nitrogens with one attached hydrogen (secondary N) is 1. The number of hydrogen-bond donors (Lipinski definition) is 1. The van der Waals surface area contributed by atoms with Crippen molar-refractivity contribution < 1.29 is 4.79 Å². The number of carbonyl (C=O) groups excluding carboxylic acids is 1. The Labute approximate surface area is 107 Å². The van der Waals surface area contributed by atoms with Crippen molar-refractivity contribution in [1.29, 1.82) is 0 Å². The van der Waals surface area contributed by atoms with E-state index in [2.05, 4.69) is 44.0 Å². The van der Waals surface area contributed by atoms with Gasteiger partial charge >= 0.3 is 0 Å². The number of hydrogen-bond acceptors (Lipinski definition) is 1. The first kappa shape index (κ1) is 11.5. The Morgan fingerprint density at radius 2 is 2.00 bits per heavy atom. The first-order chi connectivity index (χ1) is 8.47. The molecule has 2 aromatic rings. The van der Waals surface area contributed by atoms with Gasteiger partial charge in [-0.3, -0.25) is 4.79 Å². The lowest BCUT2D eigenvalue weighted by atomic mass is 9.86. The summed E-state index contributed by atoms with van der Waals surface area (Å²) in [5.74, 6) is 0.592. The summed E-state index contributed by atoms with van der Waals surface area (Å²) in [4.78, 5) is 15.4.